The van der Waals surface area contributed by atoms with E-state index in [1.165, 1.54) is 0 Å². The number of thiol groups is 2. The number of carbonyl (C=O) groups excluding carboxylic acids is 1. The van der Waals surface area contributed by atoms with E-state index in [4.69, 9.17) is 4.84 Å². The third-order valence-electron chi connectivity index (χ3n) is 4.14. The van der Waals surface area contributed by atoms with Gasteiger partial charge in [-0.3, -0.25) is 15.2 Å². The SMILES string of the molecule is O=C(Nc1ccccc1S)N1CCN(CONc2ccccc2S)CC1. The lowest BCUT2D eigenvalue weighted by Gasteiger charge is -2.34. The van der Waals surface area contributed by atoms with Gasteiger partial charge in [0.05, 0.1) is 11.4 Å². The van der Waals surface area contributed by atoms with Crippen LogP contribution in [0.25, 0.3) is 0 Å². The zero-order valence-electron chi connectivity index (χ0n) is 14.3. The minimum Gasteiger partial charge on any atom is -0.322 e. The summed E-state index contributed by atoms with van der Waals surface area (Å²) in [6, 6.07) is 15.0. The zero-order valence-corrected chi connectivity index (χ0v) is 16.0. The number of nitrogens with zero attached hydrogens (tertiary/aromatic N) is 2. The van der Waals surface area contributed by atoms with Gasteiger partial charge in [-0.1, -0.05) is 24.3 Å². The van der Waals surface area contributed by atoms with Crippen molar-refractivity contribution in [1.82, 2.24) is 9.80 Å². The first kappa shape index (κ1) is 18.9. The van der Waals surface area contributed by atoms with E-state index in [9.17, 15) is 4.79 Å². The molecule has 3 rings (SSSR count). The average Bonchev–Trinajstić information content (AvgIpc) is 2.66. The molecule has 0 bridgehead atoms. The highest BCUT2D eigenvalue weighted by molar-refractivity contribution is 7.80. The molecule has 2 N–H and O–H groups in total. The maximum atomic E-state index is 12.4. The second-order valence-corrected chi connectivity index (χ2v) is 6.91. The molecule has 0 spiro atoms. The summed E-state index contributed by atoms with van der Waals surface area (Å²) in [5.74, 6) is 0. The van der Waals surface area contributed by atoms with Crippen molar-refractivity contribution in [1.29, 1.82) is 0 Å². The van der Waals surface area contributed by atoms with Crippen LogP contribution in [-0.4, -0.2) is 48.7 Å². The molecule has 2 aromatic carbocycles. The fourth-order valence-corrected chi connectivity index (χ4v) is 3.04. The Hall–Kier alpha value is -1.87. The summed E-state index contributed by atoms with van der Waals surface area (Å²) in [6.07, 6.45) is 0. The minimum atomic E-state index is -0.103. The van der Waals surface area contributed by atoms with Crippen LogP contribution in [0.2, 0.25) is 0 Å². The molecule has 0 unspecified atom stereocenters. The van der Waals surface area contributed by atoms with E-state index < -0.39 is 0 Å². The van der Waals surface area contributed by atoms with E-state index in [0.29, 0.717) is 19.8 Å². The van der Waals surface area contributed by atoms with Gasteiger partial charge < -0.3 is 10.2 Å². The Kier molecular flexibility index (Phi) is 6.67. The van der Waals surface area contributed by atoms with Crippen LogP contribution in [-0.2, 0) is 4.84 Å². The lowest BCUT2D eigenvalue weighted by molar-refractivity contribution is 0.0345. The lowest BCUT2D eigenvalue weighted by Crippen LogP contribution is -2.50. The summed E-state index contributed by atoms with van der Waals surface area (Å²) in [7, 11) is 0. The highest BCUT2D eigenvalue weighted by atomic mass is 32.1. The molecule has 26 heavy (non-hydrogen) atoms. The van der Waals surface area contributed by atoms with Gasteiger partial charge >= 0.3 is 6.03 Å². The Bertz CT molecular complexity index is 751. The van der Waals surface area contributed by atoms with Crippen LogP contribution in [0.4, 0.5) is 16.2 Å². The molecule has 6 nitrogen and oxygen atoms in total. The minimum absolute atomic E-state index is 0.103. The van der Waals surface area contributed by atoms with E-state index >= 15 is 0 Å². The molecule has 8 heteroatoms. The van der Waals surface area contributed by atoms with Crippen molar-refractivity contribution in [3.63, 3.8) is 0 Å². The number of carbonyl (C=O) groups is 1. The number of para-hydroxylation sites is 2. The molecule has 0 aliphatic carbocycles. The van der Waals surface area contributed by atoms with E-state index in [-0.39, 0.29) is 6.03 Å². The van der Waals surface area contributed by atoms with E-state index in [2.05, 4.69) is 41.0 Å². The first-order chi connectivity index (χ1) is 12.6. The van der Waals surface area contributed by atoms with Crippen molar-refractivity contribution in [3.05, 3.63) is 48.5 Å². The predicted molar refractivity (Wildman–Crippen MR) is 109 cm³/mol. The largest absolute Gasteiger partial charge is 0.322 e. The van der Waals surface area contributed by atoms with Gasteiger partial charge in [-0.05, 0) is 24.3 Å². The molecule has 1 saturated heterocycles. The van der Waals surface area contributed by atoms with Crippen molar-refractivity contribution in [2.45, 2.75) is 9.79 Å². The van der Waals surface area contributed by atoms with Crippen molar-refractivity contribution >= 4 is 42.7 Å². The van der Waals surface area contributed by atoms with Crippen LogP contribution in [0, 0.1) is 0 Å². The topological polar surface area (TPSA) is 56.8 Å². The summed E-state index contributed by atoms with van der Waals surface area (Å²) in [6.45, 7) is 3.23. The maximum Gasteiger partial charge on any atom is 0.321 e. The smallest absolute Gasteiger partial charge is 0.321 e. The summed E-state index contributed by atoms with van der Waals surface area (Å²) < 4.78 is 0. The van der Waals surface area contributed by atoms with Crippen LogP contribution in [0.1, 0.15) is 0 Å². The van der Waals surface area contributed by atoms with Gasteiger partial charge in [0.2, 0.25) is 0 Å². The molecule has 1 aliphatic heterocycles. The average molecular weight is 391 g/mol. The van der Waals surface area contributed by atoms with E-state index in [1.807, 2.05) is 48.5 Å². The van der Waals surface area contributed by atoms with Gasteiger partial charge in [0.1, 0.15) is 6.73 Å². The molecule has 0 radical (unpaired) electrons. The number of anilines is 2. The Labute approximate surface area is 164 Å². The first-order valence-electron chi connectivity index (χ1n) is 8.35. The highest BCUT2D eigenvalue weighted by Gasteiger charge is 2.21. The van der Waals surface area contributed by atoms with Crippen LogP contribution in [0.3, 0.4) is 0 Å². The zero-order chi connectivity index (χ0) is 18.4. The number of urea groups is 1. The number of piperazine rings is 1. The Morgan fingerprint density at radius 2 is 1.50 bits per heavy atom. The van der Waals surface area contributed by atoms with Gasteiger partial charge in [-0.15, -0.1) is 25.3 Å². The summed E-state index contributed by atoms with van der Waals surface area (Å²) in [4.78, 5) is 23.4. The van der Waals surface area contributed by atoms with Crippen LogP contribution in [0.15, 0.2) is 58.3 Å². The lowest BCUT2D eigenvalue weighted by atomic mass is 10.3. The highest BCUT2D eigenvalue weighted by Crippen LogP contribution is 2.20. The van der Waals surface area contributed by atoms with E-state index in [1.54, 1.807) is 4.90 Å². The molecule has 2 amide bonds. The molecule has 2 aromatic rings. The standard InChI is InChI=1S/C18H22N4O2S2/c23-18(19-14-5-1-3-7-16(14)25)22-11-9-21(10-12-22)13-24-20-15-6-2-4-8-17(15)26/h1-8,20,25-26H,9-13H2,(H,19,23). The number of rotatable bonds is 5. The number of benzene rings is 2. The van der Waals surface area contributed by atoms with Crippen molar-refractivity contribution in [2.75, 3.05) is 43.7 Å². The fourth-order valence-electron chi connectivity index (χ4n) is 2.61. The second kappa shape index (κ2) is 9.18. The third kappa shape index (κ3) is 5.07. The summed E-state index contributed by atoms with van der Waals surface area (Å²) in [5, 5.41) is 2.91. The Morgan fingerprint density at radius 1 is 0.923 bits per heavy atom. The molecule has 0 saturated carbocycles. The van der Waals surface area contributed by atoms with Gasteiger partial charge in [-0.25, -0.2) is 4.79 Å². The molecule has 0 aromatic heterocycles. The number of nitrogens with one attached hydrogen (secondary N) is 2. The predicted octanol–water partition coefficient (Wildman–Crippen LogP) is 3.41. The molecule has 138 valence electrons. The van der Waals surface area contributed by atoms with Gasteiger partial charge in [0.15, 0.2) is 0 Å². The van der Waals surface area contributed by atoms with Crippen molar-refractivity contribution < 1.29 is 9.63 Å². The number of hydrogen-bond acceptors (Lipinski definition) is 6. The van der Waals surface area contributed by atoms with Crippen LogP contribution < -0.4 is 10.8 Å². The molecule has 1 aliphatic rings. The molecule has 1 fully saturated rings. The maximum absolute atomic E-state index is 12.4. The summed E-state index contributed by atoms with van der Waals surface area (Å²) in [5.41, 5.74) is 4.47. The first-order valence-corrected chi connectivity index (χ1v) is 9.25. The van der Waals surface area contributed by atoms with Gasteiger partial charge in [0, 0.05) is 36.0 Å². The van der Waals surface area contributed by atoms with E-state index in [0.717, 1.165) is 34.3 Å². The van der Waals surface area contributed by atoms with Gasteiger partial charge in [0.25, 0.3) is 0 Å². The van der Waals surface area contributed by atoms with Crippen molar-refractivity contribution in [3.8, 4) is 0 Å². The number of amides is 2. The van der Waals surface area contributed by atoms with Crippen molar-refractivity contribution in [2.24, 2.45) is 0 Å². The van der Waals surface area contributed by atoms with Gasteiger partial charge in [-0.2, -0.15) is 0 Å². The molecular formula is C18H22N4O2S2. The fraction of sp³-hybridized carbons (Fsp3) is 0.278. The molecule has 0 atom stereocenters. The third-order valence-corrected chi connectivity index (χ3v) is 4.92. The Balaban J connectivity index is 1.40. The normalized spacial score (nSPS) is 14.9. The molecule has 1 heterocycles. The molecular weight excluding hydrogens is 368 g/mol. The van der Waals surface area contributed by atoms with Crippen LogP contribution >= 0.6 is 25.3 Å². The second-order valence-electron chi connectivity index (χ2n) is 5.95. The van der Waals surface area contributed by atoms with Crippen LogP contribution in [0.5, 0.6) is 0 Å². The number of hydrogen-bond donors (Lipinski definition) is 4. The summed E-state index contributed by atoms with van der Waals surface area (Å²) >= 11 is 8.72. The quantitative estimate of drug-likeness (QED) is 0.467. The Morgan fingerprint density at radius 3 is 2.12 bits per heavy atom. The monoisotopic (exact) mass is 390 g/mol.